The quantitative estimate of drug-likeness (QED) is 0.872. The second kappa shape index (κ2) is 6.30. The summed E-state index contributed by atoms with van der Waals surface area (Å²) in [6.07, 6.45) is 3.26. The van der Waals surface area contributed by atoms with Gasteiger partial charge in [-0.25, -0.2) is 0 Å². The van der Waals surface area contributed by atoms with Crippen LogP contribution in [0.15, 0.2) is 35.1 Å². The summed E-state index contributed by atoms with van der Waals surface area (Å²) in [5, 5.41) is 25.9. The number of hydrogen-bond acceptors (Lipinski definition) is 4. The lowest BCUT2D eigenvalue weighted by Crippen LogP contribution is -2.43. The molecule has 0 bridgehead atoms. The molecule has 1 heterocycles. The summed E-state index contributed by atoms with van der Waals surface area (Å²) in [7, 11) is 0. The van der Waals surface area contributed by atoms with Gasteiger partial charge in [0.1, 0.15) is 0 Å². The number of nitriles is 1. The first-order valence-electron chi connectivity index (χ1n) is 6.54. The van der Waals surface area contributed by atoms with Gasteiger partial charge < -0.3 is 10.4 Å². The van der Waals surface area contributed by atoms with Gasteiger partial charge in [-0.3, -0.25) is 9.48 Å². The van der Waals surface area contributed by atoms with E-state index >= 15 is 0 Å². The Morgan fingerprint density at radius 2 is 2.32 bits per heavy atom. The molecule has 2 aromatic rings. The molecule has 0 radical (unpaired) electrons. The fraction of sp³-hybridized carbons (Fsp3) is 0.267. The van der Waals surface area contributed by atoms with Crippen molar-refractivity contribution in [2.45, 2.75) is 26.0 Å². The van der Waals surface area contributed by atoms with Gasteiger partial charge >= 0.3 is 0 Å². The van der Waals surface area contributed by atoms with E-state index in [2.05, 4.69) is 32.4 Å². The van der Waals surface area contributed by atoms with Gasteiger partial charge in [0.25, 0.3) is 5.91 Å². The molecule has 0 unspecified atom stereocenters. The molecule has 0 saturated heterocycles. The molecule has 0 aliphatic carbocycles. The van der Waals surface area contributed by atoms with E-state index in [1.165, 1.54) is 11.6 Å². The number of nitrogens with one attached hydrogen (secondary N) is 1. The van der Waals surface area contributed by atoms with Crippen LogP contribution >= 0.6 is 15.9 Å². The highest BCUT2D eigenvalue weighted by Gasteiger charge is 2.31. The van der Waals surface area contributed by atoms with Crippen LogP contribution in [0.25, 0.3) is 0 Å². The van der Waals surface area contributed by atoms with Crippen molar-refractivity contribution in [1.82, 2.24) is 9.78 Å². The highest BCUT2D eigenvalue weighted by Crippen LogP contribution is 2.17. The predicted octanol–water partition coefficient (Wildman–Crippen LogP) is 2.22. The van der Waals surface area contributed by atoms with Crippen molar-refractivity contribution >= 4 is 27.5 Å². The maximum Gasteiger partial charge on any atom is 0.257 e. The number of anilines is 1. The summed E-state index contributed by atoms with van der Waals surface area (Å²) in [6, 6.07) is 7.01. The summed E-state index contributed by atoms with van der Waals surface area (Å²) >= 11 is 3.26. The molecule has 1 aromatic heterocycles. The van der Waals surface area contributed by atoms with Crippen molar-refractivity contribution < 1.29 is 9.90 Å². The largest absolute Gasteiger partial charge is 0.378 e. The molecule has 0 spiro atoms. The van der Waals surface area contributed by atoms with Crippen LogP contribution in [0.2, 0.25) is 0 Å². The van der Waals surface area contributed by atoms with Crippen molar-refractivity contribution in [3.8, 4) is 6.07 Å². The van der Waals surface area contributed by atoms with Gasteiger partial charge in [-0.2, -0.15) is 10.4 Å². The molecule has 0 aliphatic heterocycles. The van der Waals surface area contributed by atoms with Crippen LogP contribution in [-0.4, -0.2) is 26.4 Å². The zero-order valence-corrected chi connectivity index (χ0v) is 13.8. The van der Waals surface area contributed by atoms with Gasteiger partial charge in [0.2, 0.25) is 0 Å². The normalized spacial score (nSPS) is 13.2. The molecular formula is C15H15BrN4O2. The SMILES string of the molecule is Cc1cc(NC(=O)[C@@](C)(O)Cn2cc(Br)cn2)ccc1C#N. The third-order valence-corrected chi connectivity index (χ3v) is 3.58. The topological polar surface area (TPSA) is 90.9 Å². The second-order valence-electron chi connectivity index (χ2n) is 5.23. The molecule has 22 heavy (non-hydrogen) atoms. The first-order chi connectivity index (χ1) is 10.3. The van der Waals surface area contributed by atoms with E-state index < -0.39 is 11.5 Å². The third kappa shape index (κ3) is 3.72. The number of carbonyl (C=O) groups is 1. The minimum absolute atomic E-state index is 0.0275. The lowest BCUT2D eigenvalue weighted by Gasteiger charge is -2.22. The van der Waals surface area contributed by atoms with Crippen molar-refractivity contribution in [2.24, 2.45) is 0 Å². The van der Waals surface area contributed by atoms with Gasteiger partial charge in [-0.1, -0.05) is 0 Å². The van der Waals surface area contributed by atoms with Crippen molar-refractivity contribution in [2.75, 3.05) is 5.32 Å². The Bertz CT molecular complexity index is 746. The highest BCUT2D eigenvalue weighted by atomic mass is 79.9. The summed E-state index contributed by atoms with van der Waals surface area (Å²) < 4.78 is 2.25. The van der Waals surface area contributed by atoms with E-state index in [0.29, 0.717) is 11.3 Å². The first kappa shape index (κ1) is 16.2. The summed E-state index contributed by atoms with van der Waals surface area (Å²) in [5.41, 5.74) is 0.221. The van der Waals surface area contributed by atoms with Crippen molar-refractivity contribution in [1.29, 1.82) is 5.26 Å². The number of rotatable bonds is 4. The second-order valence-corrected chi connectivity index (χ2v) is 6.14. The Hall–Kier alpha value is -2.17. The van der Waals surface area contributed by atoms with Gasteiger partial charge in [0.15, 0.2) is 5.60 Å². The number of carbonyl (C=O) groups excluding carboxylic acids is 1. The maximum absolute atomic E-state index is 12.2. The van der Waals surface area contributed by atoms with Crippen LogP contribution < -0.4 is 5.32 Å². The van der Waals surface area contributed by atoms with E-state index in [0.717, 1.165) is 10.0 Å². The third-order valence-electron chi connectivity index (χ3n) is 3.17. The van der Waals surface area contributed by atoms with Crippen molar-refractivity contribution in [3.63, 3.8) is 0 Å². The summed E-state index contributed by atoms with van der Waals surface area (Å²) in [4.78, 5) is 12.2. The number of aromatic nitrogens is 2. The fourth-order valence-corrected chi connectivity index (χ4v) is 2.27. The van der Waals surface area contributed by atoms with E-state index in [1.54, 1.807) is 37.5 Å². The number of aliphatic hydroxyl groups is 1. The zero-order valence-electron chi connectivity index (χ0n) is 12.2. The number of hydrogen-bond donors (Lipinski definition) is 2. The van der Waals surface area contributed by atoms with Crippen LogP contribution in [0.4, 0.5) is 5.69 Å². The molecule has 0 saturated carbocycles. The van der Waals surface area contributed by atoms with E-state index in [4.69, 9.17) is 5.26 Å². The average Bonchev–Trinajstić information content (AvgIpc) is 2.83. The van der Waals surface area contributed by atoms with Crippen molar-refractivity contribution in [3.05, 3.63) is 46.2 Å². The lowest BCUT2D eigenvalue weighted by molar-refractivity contribution is -0.133. The number of halogens is 1. The zero-order chi connectivity index (χ0) is 16.3. The average molecular weight is 363 g/mol. The molecular weight excluding hydrogens is 348 g/mol. The number of amides is 1. The lowest BCUT2D eigenvalue weighted by atomic mass is 10.1. The molecule has 1 aromatic carbocycles. The van der Waals surface area contributed by atoms with Crippen LogP contribution in [-0.2, 0) is 11.3 Å². The standard InChI is InChI=1S/C15H15BrN4O2/c1-10-5-13(4-3-11(10)6-17)19-14(21)15(2,22)9-20-8-12(16)7-18-20/h3-5,7-8,22H,9H2,1-2H3,(H,19,21)/t15-/m0/s1. The molecule has 2 N–H and O–H groups in total. The van der Waals surface area contributed by atoms with E-state index in [-0.39, 0.29) is 6.54 Å². The Labute approximate surface area is 136 Å². The minimum atomic E-state index is -1.62. The smallest absolute Gasteiger partial charge is 0.257 e. The predicted molar refractivity (Wildman–Crippen MR) is 85.1 cm³/mol. The fourth-order valence-electron chi connectivity index (χ4n) is 1.94. The van der Waals surface area contributed by atoms with Crippen LogP contribution in [0, 0.1) is 18.3 Å². The number of nitrogens with zero attached hydrogens (tertiary/aromatic N) is 3. The van der Waals surface area contributed by atoms with E-state index in [9.17, 15) is 9.90 Å². The molecule has 1 atom stereocenters. The molecule has 0 fully saturated rings. The summed E-state index contributed by atoms with van der Waals surface area (Å²) in [6.45, 7) is 3.24. The van der Waals surface area contributed by atoms with Gasteiger partial charge in [-0.15, -0.1) is 0 Å². The molecule has 6 nitrogen and oxygen atoms in total. The molecule has 2 rings (SSSR count). The number of aryl methyl sites for hydroxylation is 1. The van der Waals surface area contributed by atoms with Gasteiger partial charge in [0.05, 0.1) is 28.8 Å². The van der Waals surface area contributed by atoms with E-state index in [1.807, 2.05) is 0 Å². The minimum Gasteiger partial charge on any atom is -0.378 e. The molecule has 114 valence electrons. The number of benzene rings is 1. The molecule has 1 amide bonds. The summed E-state index contributed by atoms with van der Waals surface area (Å²) in [5.74, 6) is -0.539. The maximum atomic E-state index is 12.2. The molecule has 0 aliphatic rings. The highest BCUT2D eigenvalue weighted by molar-refractivity contribution is 9.10. The van der Waals surface area contributed by atoms with Crippen LogP contribution in [0.1, 0.15) is 18.1 Å². The Morgan fingerprint density at radius 3 is 2.86 bits per heavy atom. The first-order valence-corrected chi connectivity index (χ1v) is 7.33. The Balaban J connectivity index is 2.10. The Morgan fingerprint density at radius 1 is 1.59 bits per heavy atom. The van der Waals surface area contributed by atoms with Gasteiger partial charge in [-0.05, 0) is 53.5 Å². The monoisotopic (exact) mass is 362 g/mol. The van der Waals surface area contributed by atoms with Crippen LogP contribution in [0.3, 0.4) is 0 Å². The molecule has 7 heteroatoms. The Kier molecular flexibility index (Phi) is 4.64. The van der Waals surface area contributed by atoms with Crippen LogP contribution in [0.5, 0.6) is 0 Å². The van der Waals surface area contributed by atoms with Gasteiger partial charge in [0, 0.05) is 11.9 Å².